The van der Waals surface area contributed by atoms with Crippen LogP contribution < -0.4 is 4.74 Å². The molecule has 1 unspecified atom stereocenters. The molecule has 4 nitrogen and oxygen atoms in total. The molecule has 28 heavy (non-hydrogen) atoms. The van der Waals surface area contributed by atoms with Gasteiger partial charge in [0, 0.05) is 24.1 Å². The number of hydrogen-bond donors (Lipinski definition) is 1. The number of nitrogens with zero attached hydrogens (tertiary/aromatic N) is 1. The van der Waals surface area contributed by atoms with Crippen molar-refractivity contribution in [3.05, 3.63) is 101 Å². The van der Waals surface area contributed by atoms with Crippen molar-refractivity contribution in [1.82, 2.24) is 4.90 Å². The van der Waals surface area contributed by atoms with Crippen molar-refractivity contribution in [3.8, 4) is 5.75 Å². The summed E-state index contributed by atoms with van der Waals surface area (Å²) in [4.78, 5) is 14.7. The summed E-state index contributed by atoms with van der Waals surface area (Å²) < 4.78 is 5.20. The van der Waals surface area contributed by atoms with Crippen molar-refractivity contribution in [1.29, 1.82) is 0 Å². The molecule has 0 bridgehead atoms. The number of ether oxygens (including phenoxy) is 1. The Morgan fingerprint density at radius 3 is 2.29 bits per heavy atom. The highest BCUT2D eigenvalue weighted by Gasteiger charge is 2.47. The lowest BCUT2D eigenvalue weighted by Crippen LogP contribution is -2.46. The van der Waals surface area contributed by atoms with E-state index in [9.17, 15) is 9.90 Å². The maximum atomic E-state index is 13.1. The summed E-state index contributed by atoms with van der Waals surface area (Å²) in [6.45, 7) is 0.434. The first-order valence-electron chi connectivity index (χ1n) is 9.42. The minimum absolute atomic E-state index is 0.123. The molecule has 1 amide bonds. The first kappa shape index (κ1) is 18.3. The zero-order valence-electron chi connectivity index (χ0n) is 15.8. The predicted octanol–water partition coefficient (Wildman–Crippen LogP) is 3.78. The smallest absolute Gasteiger partial charge is 0.256 e. The van der Waals surface area contributed by atoms with Crippen molar-refractivity contribution in [2.75, 3.05) is 13.7 Å². The maximum absolute atomic E-state index is 13.1. The second-order valence-electron chi connectivity index (χ2n) is 7.08. The molecule has 3 aromatic carbocycles. The van der Waals surface area contributed by atoms with E-state index in [1.54, 1.807) is 18.1 Å². The molecule has 0 fully saturated rings. The lowest BCUT2D eigenvalue weighted by atomic mass is 9.94. The van der Waals surface area contributed by atoms with Gasteiger partial charge in [-0.25, -0.2) is 0 Å². The Balaban J connectivity index is 1.62. The fourth-order valence-electron chi connectivity index (χ4n) is 3.87. The normalized spacial score (nSPS) is 18.2. The van der Waals surface area contributed by atoms with Crippen LogP contribution in [0.15, 0.2) is 78.9 Å². The Morgan fingerprint density at radius 1 is 0.893 bits per heavy atom. The molecule has 1 aliphatic rings. The van der Waals surface area contributed by atoms with E-state index in [-0.39, 0.29) is 5.91 Å². The molecule has 0 spiro atoms. The molecule has 4 rings (SSSR count). The van der Waals surface area contributed by atoms with E-state index < -0.39 is 5.72 Å². The Morgan fingerprint density at radius 2 is 1.57 bits per heavy atom. The molecule has 1 atom stereocenters. The fourth-order valence-corrected chi connectivity index (χ4v) is 3.87. The van der Waals surface area contributed by atoms with Gasteiger partial charge in [-0.1, -0.05) is 60.7 Å². The molecule has 0 aliphatic carbocycles. The van der Waals surface area contributed by atoms with E-state index in [1.165, 1.54) is 0 Å². The van der Waals surface area contributed by atoms with Gasteiger partial charge in [-0.15, -0.1) is 0 Å². The van der Waals surface area contributed by atoms with Crippen LogP contribution >= 0.6 is 0 Å². The van der Waals surface area contributed by atoms with Crippen LogP contribution in [0.5, 0.6) is 5.75 Å². The van der Waals surface area contributed by atoms with Crippen LogP contribution in [0.3, 0.4) is 0 Å². The third-order valence-electron chi connectivity index (χ3n) is 5.36. The molecule has 0 radical (unpaired) electrons. The van der Waals surface area contributed by atoms with Crippen LogP contribution in [-0.4, -0.2) is 29.6 Å². The Labute approximate surface area is 165 Å². The summed E-state index contributed by atoms with van der Waals surface area (Å²) in [5.41, 5.74) is 1.99. The Kier molecular flexibility index (Phi) is 4.88. The molecule has 0 aromatic heterocycles. The zero-order valence-corrected chi connectivity index (χ0v) is 15.8. The van der Waals surface area contributed by atoms with Gasteiger partial charge in [0.15, 0.2) is 5.72 Å². The van der Waals surface area contributed by atoms with E-state index in [4.69, 9.17) is 4.74 Å². The number of benzene rings is 3. The molecular formula is C24H23NO3. The largest absolute Gasteiger partial charge is 0.497 e. The van der Waals surface area contributed by atoms with Crippen molar-refractivity contribution in [2.24, 2.45) is 0 Å². The lowest BCUT2D eigenvalue weighted by molar-refractivity contribution is -0.0831. The number of rotatable bonds is 6. The molecule has 0 saturated heterocycles. The van der Waals surface area contributed by atoms with E-state index in [0.717, 1.165) is 16.9 Å². The lowest BCUT2D eigenvalue weighted by Gasteiger charge is -2.34. The molecule has 3 aromatic rings. The van der Waals surface area contributed by atoms with E-state index in [0.29, 0.717) is 30.5 Å². The first-order valence-corrected chi connectivity index (χ1v) is 9.42. The minimum Gasteiger partial charge on any atom is -0.497 e. The van der Waals surface area contributed by atoms with Gasteiger partial charge in [-0.3, -0.25) is 4.79 Å². The van der Waals surface area contributed by atoms with Crippen molar-refractivity contribution < 1.29 is 14.6 Å². The van der Waals surface area contributed by atoms with E-state index in [1.807, 2.05) is 72.8 Å². The summed E-state index contributed by atoms with van der Waals surface area (Å²) >= 11 is 0. The second kappa shape index (κ2) is 7.49. The number of amides is 1. The molecule has 1 heterocycles. The maximum Gasteiger partial charge on any atom is 0.256 e. The van der Waals surface area contributed by atoms with Gasteiger partial charge in [-0.05, 0) is 35.7 Å². The van der Waals surface area contributed by atoms with Gasteiger partial charge >= 0.3 is 0 Å². The third kappa shape index (κ3) is 3.27. The van der Waals surface area contributed by atoms with Crippen LogP contribution in [-0.2, 0) is 18.6 Å². The average Bonchev–Trinajstić information content (AvgIpc) is 2.94. The van der Waals surface area contributed by atoms with Gasteiger partial charge in [0.25, 0.3) is 5.91 Å². The predicted molar refractivity (Wildman–Crippen MR) is 108 cm³/mol. The van der Waals surface area contributed by atoms with Crippen LogP contribution in [0.25, 0.3) is 0 Å². The molecule has 4 heteroatoms. The number of carbonyl (C=O) groups excluding carboxylic acids is 1. The quantitative estimate of drug-likeness (QED) is 0.715. The fraction of sp³-hybridized carbons (Fsp3) is 0.208. The molecule has 1 N–H and O–H groups in total. The monoisotopic (exact) mass is 373 g/mol. The number of aliphatic hydroxyl groups is 1. The number of hydrogen-bond acceptors (Lipinski definition) is 3. The van der Waals surface area contributed by atoms with E-state index >= 15 is 0 Å². The summed E-state index contributed by atoms with van der Waals surface area (Å²) in [6, 6.07) is 24.9. The number of methoxy groups -OCH3 is 1. The first-order chi connectivity index (χ1) is 13.6. The highest BCUT2D eigenvalue weighted by molar-refractivity contribution is 5.99. The number of fused-ring (bicyclic) bond motifs is 1. The summed E-state index contributed by atoms with van der Waals surface area (Å²) in [6.07, 6.45) is 1.01. The standard InChI is InChI=1S/C24H23NO3/c1-28-20-13-11-18(12-14-20)15-16-25-23(26)21-9-5-6-10-22(21)24(25,27)17-19-7-3-2-4-8-19/h2-14,27H,15-17H2,1H3. The van der Waals surface area contributed by atoms with Gasteiger partial charge in [-0.2, -0.15) is 0 Å². The Bertz CT molecular complexity index is 969. The van der Waals surface area contributed by atoms with Crippen LogP contribution in [0, 0.1) is 0 Å². The van der Waals surface area contributed by atoms with Crippen molar-refractivity contribution >= 4 is 5.91 Å². The van der Waals surface area contributed by atoms with Crippen LogP contribution in [0.2, 0.25) is 0 Å². The highest BCUT2D eigenvalue weighted by atomic mass is 16.5. The molecule has 142 valence electrons. The van der Waals surface area contributed by atoms with Gasteiger partial charge in [0.1, 0.15) is 5.75 Å². The molecule has 1 aliphatic heterocycles. The minimum atomic E-state index is -1.35. The van der Waals surface area contributed by atoms with Gasteiger partial charge in [0.05, 0.1) is 7.11 Å². The molecule has 0 saturated carbocycles. The highest BCUT2D eigenvalue weighted by Crippen LogP contribution is 2.39. The molecular weight excluding hydrogens is 350 g/mol. The summed E-state index contributed by atoms with van der Waals surface area (Å²) in [7, 11) is 1.64. The van der Waals surface area contributed by atoms with Crippen LogP contribution in [0.4, 0.5) is 0 Å². The third-order valence-corrected chi connectivity index (χ3v) is 5.36. The van der Waals surface area contributed by atoms with Crippen molar-refractivity contribution in [2.45, 2.75) is 18.6 Å². The SMILES string of the molecule is COc1ccc(CCN2C(=O)c3ccccc3C2(O)Cc2ccccc2)cc1. The van der Waals surface area contributed by atoms with Gasteiger partial charge < -0.3 is 14.7 Å². The van der Waals surface area contributed by atoms with Gasteiger partial charge in [0.2, 0.25) is 0 Å². The zero-order chi connectivity index (χ0) is 19.6. The van der Waals surface area contributed by atoms with Crippen molar-refractivity contribution in [3.63, 3.8) is 0 Å². The average molecular weight is 373 g/mol. The topological polar surface area (TPSA) is 49.8 Å². The Hall–Kier alpha value is -3.11. The van der Waals surface area contributed by atoms with E-state index in [2.05, 4.69) is 0 Å². The summed E-state index contributed by atoms with van der Waals surface area (Å²) in [5, 5.41) is 11.7. The second-order valence-corrected chi connectivity index (χ2v) is 7.08. The number of carbonyl (C=O) groups is 1. The van der Waals surface area contributed by atoms with Crippen LogP contribution in [0.1, 0.15) is 27.0 Å². The summed E-state index contributed by atoms with van der Waals surface area (Å²) in [5.74, 6) is 0.677.